The van der Waals surface area contributed by atoms with Crippen LogP contribution in [0.1, 0.15) is 41.4 Å². The minimum Gasteiger partial charge on any atom is -0.445 e. The number of benzene rings is 2. The van der Waals surface area contributed by atoms with Crippen molar-refractivity contribution in [2.45, 2.75) is 32.7 Å². The molecule has 0 radical (unpaired) electrons. The van der Waals surface area contributed by atoms with Gasteiger partial charge in [-0.2, -0.15) is 0 Å². The summed E-state index contributed by atoms with van der Waals surface area (Å²) >= 11 is 0. The molecule has 144 valence electrons. The number of Topliss-reactive ketones (excluding diaryl/α,β-unsaturated/α-hetero) is 1. The lowest BCUT2D eigenvalue weighted by atomic mass is 9.97. The summed E-state index contributed by atoms with van der Waals surface area (Å²) in [5, 5.41) is 22.7. The molecule has 0 spiro atoms. The van der Waals surface area contributed by atoms with Crippen LogP contribution in [0.2, 0.25) is 0 Å². The van der Waals surface area contributed by atoms with Crippen molar-refractivity contribution in [2.75, 3.05) is 6.54 Å². The first-order valence-corrected chi connectivity index (χ1v) is 8.83. The van der Waals surface area contributed by atoms with Crippen molar-refractivity contribution < 1.29 is 24.5 Å². The zero-order valence-corrected chi connectivity index (χ0v) is 15.5. The van der Waals surface area contributed by atoms with Crippen molar-refractivity contribution in [3.8, 4) is 0 Å². The predicted molar refractivity (Wildman–Crippen MR) is 101 cm³/mol. The van der Waals surface area contributed by atoms with Crippen LogP contribution < -0.4 is 5.32 Å². The Morgan fingerprint density at radius 3 is 2.22 bits per heavy atom. The average Bonchev–Trinajstić information content (AvgIpc) is 2.70. The van der Waals surface area contributed by atoms with Crippen molar-refractivity contribution in [2.24, 2.45) is 5.92 Å². The molecule has 0 aliphatic carbocycles. The number of rotatable bonds is 8. The Labute approximate surface area is 158 Å². The van der Waals surface area contributed by atoms with E-state index in [0.29, 0.717) is 11.1 Å². The van der Waals surface area contributed by atoms with Crippen molar-refractivity contribution >= 4 is 11.9 Å². The van der Waals surface area contributed by atoms with Gasteiger partial charge >= 0.3 is 6.09 Å². The van der Waals surface area contributed by atoms with Gasteiger partial charge in [0.1, 0.15) is 18.8 Å². The summed E-state index contributed by atoms with van der Waals surface area (Å²) in [7, 11) is 0. The van der Waals surface area contributed by atoms with E-state index in [2.05, 4.69) is 5.32 Å². The SMILES string of the molecule is CC(C)C(=O)c1ccc(C(O)C(O)CNC(=O)OCc2ccccc2)cc1. The number of nitrogens with one attached hydrogen (secondary N) is 1. The molecule has 0 aliphatic rings. The number of amides is 1. The molecule has 6 heteroatoms. The van der Waals surface area contributed by atoms with E-state index >= 15 is 0 Å². The second-order valence-electron chi connectivity index (χ2n) is 6.60. The fourth-order valence-corrected chi connectivity index (χ4v) is 2.47. The van der Waals surface area contributed by atoms with E-state index in [4.69, 9.17) is 4.74 Å². The highest BCUT2D eigenvalue weighted by Crippen LogP contribution is 2.18. The van der Waals surface area contributed by atoms with Crippen LogP contribution >= 0.6 is 0 Å². The molecular formula is C21H25NO5. The summed E-state index contributed by atoms with van der Waals surface area (Å²) in [4.78, 5) is 23.6. The van der Waals surface area contributed by atoms with E-state index in [1.165, 1.54) is 0 Å². The number of carbonyl (C=O) groups excluding carboxylic acids is 2. The second-order valence-corrected chi connectivity index (χ2v) is 6.60. The minimum atomic E-state index is -1.21. The molecule has 27 heavy (non-hydrogen) atoms. The zero-order valence-electron chi connectivity index (χ0n) is 15.5. The van der Waals surface area contributed by atoms with E-state index in [1.807, 2.05) is 44.2 Å². The summed E-state index contributed by atoms with van der Waals surface area (Å²) in [6.07, 6.45) is -3.08. The van der Waals surface area contributed by atoms with Crippen LogP contribution in [0.15, 0.2) is 54.6 Å². The molecule has 0 aromatic heterocycles. The normalized spacial score (nSPS) is 13.1. The van der Waals surface area contributed by atoms with Gasteiger partial charge in [-0.25, -0.2) is 4.79 Å². The summed E-state index contributed by atoms with van der Waals surface area (Å²) in [5.41, 5.74) is 1.87. The maximum Gasteiger partial charge on any atom is 0.407 e. The molecule has 2 atom stereocenters. The Kier molecular flexibility index (Phi) is 7.52. The molecule has 0 saturated carbocycles. The molecule has 0 aliphatic heterocycles. The quantitative estimate of drug-likeness (QED) is 0.620. The summed E-state index contributed by atoms with van der Waals surface area (Å²) in [5.74, 6) is -0.100. The molecule has 0 bridgehead atoms. The Bertz CT molecular complexity index is 743. The fraction of sp³-hybridized carbons (Fsp3) is 0.333. The fourth-order valence-electron chi connectivity index (χ4n) is 2.47. The Morgan fingerprint density at radius 2 is 1.63 bits per heavy atom. The Balaban J connectivity index is 1.81. The third-order valence-corrected chi connectivity index (χ3v) is 4.09. The Hall–Kier alpha value is -2.70. The van der Waals surface area contributed by atoms with Crippen LogP contribution in [0.25, 0.3) is 0 Å². The number of hydrogen-bond acceptors (Lipinski definition) is 5. The number of aliphatic hydroxyl groups excluding tert-OH is 2. The highest BCUT2D eigenvalue weighted by molar-refractivity contribution is 5.97. The average molecular weight is 371 g/mol. The third-order valence-electron chi connectivity index (χ3n) is 4.09. The molecule has 0 saturated heterocycles. The first-order valence-electron chi connectivity index (χ1n) is 8.83. The summed E-state index contributed by atoms with van der Waals surface area (Å²) in [6, 6.07) is 15.7. The Morgan fingerprint density at radius 1 is 1.00 bits per heavy atom. The number of ketones is 1. The largest absolute Gasteiger partial charge is 0.445 e. The van der Waals surface area contributed by atoms with Gasteiger partial charge in [-0.05, 0) is 11.1 Å². The molecule has 2 unspecified atom stereocenters. The van der Waals surface area contributed by atoms with Crippen LogP contribution in [0, 0.1) is 5.92 Å². The van der Waals surface area contributed by atoms with Gasteiger partial charge in [-0.3, -0.25) is 4.79 Å². The number of aliphatic hydroxyl groups is 2. The van der Waals surface area contributed by atoms with Crippen LogP contribution in [-0.2, 0) is 11.3 Å². The lowest BCUT2D eigenvalue weighted by molar-refractivity contribution is 0.0184. The molecule has 0 fully saturated rings. The first-order chi connectivity index (χ1) is 12.9. The van der Waals surface area contributed by atoms with Gasteiger partial charge in [0.05, 0.1) is 0 Å². The van der Waals surface area contributed by atoms with E-state index < -0.39 is 18.3 Å². The van der Waals surface area contributed by atoms with Crippen molar-refractivity contribution in [1.82, 2.24) is 5.32 Å². The third kappa shape index (κ3) is 6.20. The van der Waals surface area contributed by atoms with Gasteiger partial charge < -0.3 is 20.3 Å². The molecule has 2 rings (SSSR count). The highest BCUT2D eigenvalue weighted by Gasteiger charge is 2.20. The maximum atomic E-state index is 11.9. The van der Waals surface area contributed by atoms with E-state index in [0.717, 1.165) is 5.56 Å². The molecule has 2 aromatic carbocycles. The van der Waals surface area contributed by atoms with Gasteiger partial charge in [-0.15, -0.1) is 0 Å². The van der Waals surface area contributed by atoms with Crippen LogP contribution in [0.4, 0.5) is 4.79 Å². The van der Waals surface area contributed by atoms with Crippen LogP contribution in [-0.4, -0.2) is 34.7 Å². The number of hydrogen-bond donors (Lipinski definition) is 3. The minimum absolute atomic E-state index is 0.0133. The van der Waals surface area contributed by atoms with Crippen molar-refractivity contribution in [3.63, 3.8) is 0 Å². The summed E-state index contributed by atoms with van der Waals surface area (Å²) < 4.78 is 5.05. The van der Waals surface area contributed by atoms with E-state index in [9.17, 15) is 19.8 Å². The predicted octanol–water partition coefficient (Wildman–Crippen LogP) is 2.85. The van der Waals surface area contributed by atoms with Crippen molar-refractivity contribution in [1.29, 1.82) is 0 Å². The van der Waals surface area contributed by atoms with Gasteiger partial charge in [-0.1, -0.05) is 68.4 Å². The molecule has 2 aromatic rings. The monoisotopic (exact) mass is 371 g/mol. The molecule has 6 nitrogen and oxygen atoms in total. The lowest BCUT2D eigenvalue weighted by Gasteiger charge is -2.19. The second kappa shape index (κ2) is 9.85. The zero-order chi connectivity index (χ0) is 19.8. The summed E-state index contributed by atoms with van der Waals surface area (Å²) in [6.45, 7) is 3.59. The number of carbonyl (C=O) groups is 2. The van der Waals surface area contributed by atoms with Gasteiger partial charge in [0.15, 0.2) is 5.78 Å². The van der Waals surface area contributed by atoms with E-state index in [1.54, 1.807) is 24.3 Å². The van der Waals surface area contributed by atoms with Crippen LogP contribution in [0.3, 0.4) is 0 Å². The molecular weight excluding hydrogens is 346 g/mol. The molecule has 3 N–H and O–H groups in total. The van der Waals surface area contributed by atoms with Crippen LogP contribution in [0.5, 0.6) is 0 Å². The standard InChI is InChI=1S/C21H25NO5/c1-14(2)19(24)16-8-10-17(11-9-16)20(25)18(23)12-22-21(26)27-13-15-6-4-3-5-7-15/h3-11,14,18,20,23,25H,12-13H2,1-2H3,(H,22,26). The number of ether oxygens (including phenoxy) is 1. The smallest absolute Gasteiger partial charge is 0.407 e. The van der Waals surface area contributed by atoms with Gasteiger partial charge in [0, 0.05) is 18.0 Å². The van der Waals surface area contributed by atoms with Crippen molar-refractivity contribution in [3.05, 3.63) is 71.3 Å². The maximum absolute atomic E-state index is 11.9. The molecule has 0 heterocycles. The first kappa shape index (κ1) is 20.6. The number of alkyl carbamates (subject to hydrolysis) is 1. The lowest BCUT2D eigenvalue weighted by Crippen LogP contribution is -2.35. The topological polar surface area (TPSA) is 95.9 Å². The van der Waals surface area contributed by atoms with E-state index in [-0.39, 0.29) is 24.9 Å². The molecule has 1 amide bonds. The highest BCUT2D eigenvalue weighted by atomic mass is 16.5. The van der Waals surface area contributed by atoms with Gasteiger partial charge in [0.2, 0.25) is 0 Å². The van der Waals surface area contributed by atoms with Gasteiger partial charge in [0.25, 0.3) is 0 Å².